The Hall–Kier alpha value is -0.540. The first-order valence-corrected chi connectivity index (χ1v) is 6.93. The molecule has 0 unspecified atom stereocenters. The third-order valence-corrected chi connectivity index (χ3v) is 3.80. The van der Waals surface area contributed by atoms with E-state index < -0.39 is 0 Å². The maximum atomic E-state index is 12.0. The second kappa shape index (κ2) is 6.92. The molecule has 0 fully saturated rings. The first kappa shape index (κ1) is 13.5. The van der Waals surface area contributed by atoms with Crippen molar-refractivity contribution in [2.75, 3.05) is 19.5 Å². The van der Waals surface area contributed by atoms with E-state index in [0.29, 0.717) is 5.88 Å². The lowest BCUT2D eigenvalue weighted by Gasteiger charge is -2.16. The Balaban J connectivity index is 2.40. The fourth-order valence-corrected chi connectivity index (χ4v) is 2.59. The van der Waals surface area contributed by atoms with Crippen molar-refractivity contribution >= 4 is 28.8 Å². The summed E-state index contributed by atoms with van der Waals surface area (Å²) < 4.78 is 0. The molecular weight excluding hydrogens is 242 g/mol. The van der Waals surface area contributed by atoms with Crippen LogP contribution in [-0.4, -0.2) is 30.3 Å². The molecule has 90 valence electrons. The van der Waals surface area contributed by atoms with Gasteiger partial charge in [-0.05, 0) is 36.8 Å². The third-order valence-electron chi connectivity index (χ3n) is 2.53. The number of thiophene rings is 1. The van der Waals surface area contributed by atoms with Crippen LogP contribution in [0.5, 0.6) is 0 Å². The van der Waals surface area contributed by atoms with Crippen molar-refractivity contribution in [1.29, 1.82) is 0 Å². The maximum Gasteiger partial charge on any atom is 0.263 e. The Morgan fingerprint density at radius 2 is 2.19 bits per heavy atom. The van der Waals surface area contributed by atoms with Crippen LogP contribution >= 0.6 is 22.9 Å². The van der Waals surface area contributed by atoms with Gasteiger partial charge in [0.05, 0.1) is 4.88 Å². The van der Waals surface area contributed by atoms with E-state index in [0.717, 1.165) is 36.2 Å². The number of hydrogen-bond acceptors (Lipinski definition) is 2. The summed E-state index contributed by atoms with van der Waals surface area (Å²) in [5.41, 5.74) is 1.07. The van der Waals surface area contributed by atoms with Crippen LogP contribution in [0.2, 0.25) is 0 Å². The molecule has 0 saturated heterocycles. The van der Waals surface area contributed by atoms with Gasteiger partial charge in [0.1, 0.15) is 0 Å². The van der Waals surface area contributed by atoms with E-state index in [4.69, 9.17) is 11.6 Å². The molecule has 1 aromatic rings. The highest BCUT2D eigenvalue weighted by Gasteiger charge is 2.14. The van der Waals surface area contributed by atoms with E-state index in [2.05, 4.69) is 0 Å². The van der Waals surface area contributed by atoms with Crippen LogP contribution < -0.4 is 0 Å². The van der Waals surface area contributed by atoms with Crippen LogP contribution in [0.25, 0.3) is 0 Å². The van der Waals surface area contributed by atoms with Crippen molar-refractivity contribution < 1.29 is 4.79 Å². The Kier molecular flexibility index (Phi) is 5.85. The van der Waals surface area contributed by atoms with Gasteiger partial charge in [0, 0.05) is 19.5 Å². The van der Waals surface area contributed by atoms with Crippen molar-refractivity contribution in [2.24, 2.45) is 0 Å². The number of halogens is 1. The zero-order valence-electron chi connectivity index (χ0n) is 9.83. The van der Waals surface area contributed by atoms with Gasteiger partial charge in [-0.25, -0.2) is 0 Å². The quantitative estimate of drug-likeness (QED) is 0.565. The van der Waals surface area contributed by atoms with Gasteiger partial charge in [0.2, 0.25) is 0 Å². The maximum absolute atomic E-state index is 12.0. The van der Waals surface area contributed by atoms with Gasteiger partial charge in [-0.2, -0.15) is 0 Å². The Morgan fingerprint density at radius 1 is 1.44 bits per heavy atom. The number of rotatable bonds is 6. The Labute approximate surface area is 106 Å². The van der Waals surface area contributed by atoms with E-state index in [1.165, 1.54) is 11.3 Å². The average molecular weight is 260 g/mol. The van der Waals surface area contributed by atoms with Crippen molar-refractivity contribution in [3.63, 3.8) is 0 Å². The number of aryl methyl sites for hydroxylation is 1. The second-order valence-electron chi connectivity index (χ2n) is 3.91. The molecule has 1 rings (SSSR count). The highest BCUT2D eigenvalue weighted by Crippen LogP contribution is 2.17. The minimum atomic E-state index is 0.137. The molecule has 1 amide bonds. The highest BCUT2D eigenvalue weighted by atomic mass is 35.5. The molecule has 4 heteroatoms. The number of carbonyl (C=O) groups is 1. The lowest BCUT2D eigenvalue weighted by molar-refractivity contribution is 0.0797. The van der Waals surface area contributed by atoms with E-state index in [-0.39, 0.29) is 5.91 Å². The molecule has 0 aliphatic heterocycles. The summed E-state index contributed by atoms with van der Waals surface area (Å²) in [5, 5.41) is 1.96. The molecule has 0 aliphatic rings. The third kappa shape index (κ3) is 3.80. The molecule has 1 aromatic heterocycles. The Morgan fingerprint density at radius 3 is 2.75 bits per heavy atom. The summed E-state index contributed by atoms with van der Waals surface area (Å²) >= 11 is 7.12. The lowest BCUT2D eigenvalue weighted by atomic mass is 10.2. The highest BCUT2D eigenvalue weighted by molar-refractivity contribution is 7.12. The van der Waals surface area contributed by atoms with Crippen LogP contribution in [0.1, 0.15) is 34.5 Å². The van der Waals surface area contributed by atoms with Crippen molar-refractivity contribution in [3.05, 3.63) is 21.9 Å². The topological polar surface area (TPSA) is 20.3 Å². The molecule has 1 heterocycles. The van der Waals surface area contributed by atoms with Crippen molar-refractivity contribution in [1.82, 2.24) is 4.90 Å². The standard InChI is InChI=1S/C12H18ClNOS/c1-10-6-9-16-11(10)12(15)14(2)8-5-3-4-7-13/h6,9H,3-5,7-8H2,1-2H3. The van der Waals surface area contributed by atoms with Crippen LogP contribution in [0.15, 0.2) is 11.4 Å². The number of nitrogens with zero attached hydrogens (tertiary/aromatic N) is 1. The Bertz CT molecular complexity index is 338. The van der Waals surface area contributed by atoms with E-state index in [9.17, 15) is 4.79 Å². The number of alkyl halides is 1. The van der Waals surface area contributed by atoms with E-state index >= 15 is 0 Å². The van der Waals surface area contributed by atoms with E-state index in [1.54, 1.807) is 4.90 Å². The van der Waals surface area contributed by atoms with Gasteiger partial charge in [-0.3, -0.25) is 4.79 Å². The minimum absolute atomic E-state index is 0.137. The van der Waals surface area contributed by atoms with Crippen LogP contribution in [0.3, 0.4) is 0 Å². The predicted octanol–water partition coefficient (Wildman–Crippen LogP) is 3.54. The number of hydrogen-bond donors (Lipinski definition) is 0. The summed E-state index contributed by atoms with van der Waals surface area (Å²) in [6, 6.07) is 1.99. The SMILES string of the molecule is Cc1ccsc1C(=O)N(C)CCCCCCl. The molecule has 0 aromatic carbocycles. The molecule has 2 nitrogen and oxygen atoms in total. The van der Waals surface area contributed by atoms with Crippen molar-refractivity contribution in [2.45, 2.75) is 26.2 Å². The fourth-order valence-electron chi connectivity index (χ4n) is 1.49. The second-order valence-corrected chi connectivity index (χ2v) is 5.20. The summed E-state index contributed by atoms with van der Waals surface area (Å²) in [6.45, 7) is 2.79. The molecule has 16 heavy (non-hydrogen) atoms. The molecule has 0 spiro atoms. The normalized spacial score (nSPS) is 10.4. The van der Waals surface area contributed by atoms with Gasteiger partial charge < -0.3 is 4.90 Å². The molecule has 0 atom stereocenters. The molecule has 0 N–H and O–H groups in total. The van der Waals surface area contributed by atoms with Crippen LogP contribution in [0.4, 0.5) is 0 Å². The molecule has 0 radical (unpaired) electrons. The first-order valence-electron chi connectivity index (χ1n) is 5.52. The molecule has 0 saturated carbocycles. The van der Waals surface area contributed by atoms with Gasteiger partial charge in [0.25, 0.3) is 5.91 Å². The summed E-state index contributed by atoms with van der Waals surface area (Å²) in [5.74, 6) is 0.847. The van der Waals surface area contributed by atoms with Crippen molar-refractivity contribution in [3.8, 4) is 0 Å². The zero-order valence-corrected chi connectivity index (χ0v) is 11.4. The predicted molar refractivity (Wildman–Crippen MR) is 70.6 cm³/mol. The van der Waals surface area contributed by atoms with Gasteiger partial charge in [-0.15, -0.1) is 22.9 Å². The summed E-state index contributed by atoms with van der Waals surface area (Å²) in [7, 11) is 1.86. The largest absolute Gasteiger partial charge is 0.341 e. The summed E-state index contributed by atoms with van der Waals surface area (Å²) in [4.78, 5) is 14.7. The smallest absolute Gasteiger partial charge is 0.263 e. The van der Waals surface area contributed by atoms with Gasteiger partial charge in [-0.1, -0.05) is 6.42 Å². The first-order chi connectivity index (χ1) is 7.66. The number of amides is 1. The molecular formula is C12H18ClNOS. The van der Waals surface area contributed by atoms with Crippen LogP contribution in [-0.2, 0) is 0 Å². The van der Waals surface area contributed by atoms with Crippen LogP contribution in [0, 0.1) is 6.92 Å². The zero-order chi connectivity index (χ0) is 12.0. The summed E-state index contributed by atoms with van der Waals surface area (Å²) in [6.07, 6.45) is 3.14. The van der Waals surface area contributed by atoms with Gasteiger partial charge >= 0.3 is 0 Å². The lowest BCUT2D eigenvalue weighted by Crippen LogP contribution is -2.27. The number of unbranched alkanes of at least 4 members (excludes halogenated alkanes) is 2. The molecule has 0 bridgehead atoms. The fraction of sp³-hybridized carbons (Fsp3) is 0.583. The monoisotopic (exact) mass is 259 g/mol. The van der Waals surface area contributed by atoms with E-state index in [1.807, 2.05) is 25.4 Å². The minimum Gasteiger partial charge on any atom is -0.341 e. The number of carbonyl (C=O) groups excluding carboxylic acids is 1. The molecule has 0 aliphatic carbocycles. The average Bonchev–Trinajstić information content (AvgIpc) is 2.69. The van der Waals surface area contributed by atoms with Gasteiger partial charge in [0.15, 0.2) is 0 Å².